The van der Waals surface area contributed by atoms with Crippen molar-refractivity contribution in [1.82, 2.24) is 4.57 Å². The number of ketones is 1. The molecule has 0 radical (unpaired) electrons. The molecule has 1 aliphatic rings. The number of benzene rings is 3. The van der Waals surface area contributed by atoms with Gasteiger partial charge in [0, 0.05) is 40.4 Å². The number of fused-ring (bicyclic) bond motifs is 1. The van der Waals surface area contributed by atoms with E-state index in [1.54, 1.807) is 54.7 Å². The highest BCUT2D eigenvalue weighted by molar-refractivity contribution is 7.91. The maximum atomic E-state index is 14.6. The Morgan fingerprint density at radius 1 is 0.970 bits per heavy atom. The molecule has 7 heteroatoms. The molecular formula is C26H21F2NO3S. The molecular weight excluding hydrogens is 444 g/mol. The number of hydrogen-bond acceptors (Lipinski definition) is 3. The Kier molecular flexibility index (Phi) is 5.37. The molecule has 1 saturated heterocycles. The van der Waals surface area contributed by atoms with Crippen LogP contribution in [0.4, 0.5) is 8.78 Å². The lowest BCUT2D eigenvalue weighted by Gasteiger charge is -2.09. The monoisotopic (exact) mass is 465 g/mol. The van der Waals surface area contributed by atoms with E-state index in [4.69, 9.17) is 0 Å². The van der Waals surface area contributed by atoms with Gasteiger partial charge in [-0.1, -0.05) is 30.3 Å². The molecule has 4 nitrogen and oxygen atoms in total. The first-order valence-electron chi connectivity index (χ1n) is 10.7. The van der Waals surface area contributed by atoms with Gasteiger partial charge in [0.15, 0.2) is 15.6 Å². The van der Waals surface area contributed by atoms with Crippen molar-refractivity contribution in [3.8, 4) is 16.8 Å². The molecule has 1 aromatic heterocycles. The van der Waals surface area contributed by atoms with E-state index in [9.17, 15) is 22.0 Å². The van der Waals surface area contributed by atoms with Crippen LogP contribution in [0, 0.1) is 17.6 Å². The molecule has 1 aliphatic heterocycles. The number of nitrogens with zero attached hydrogens (tertiary/aromatic N) is 1. The molecule has 33 heavy (non-hydrogen) atoms. The zero-order valence-electron chi connectivity index (χ0n) is 17.7. The number of carbonyl (C=O) groups excluding carboxylic acids is 1. The fourth-order valence-corrected chi connectivity index (χ4v) is 6.38. The number of aromatic nitrogens is 1. The van der Waals surface area contributed by atoms with Crippen LogP contribution in [0.1, 0.15) is 23.2 Å². The Morgan fingerprint density at radius 2 is 1.73 bits per heavy atom. The van der Waals surface area contributed by atoms with Gasteiger partial charge in [-0.25, -0.2) is 17.2 Å². The maximum Gasteiger partial charge on any atom is 0.163 e. The van der Waals surface area contributed by atoms with E-state index in [2.05, 4.69) is 0 Å². The summed E-state index contributed by atoms with van der Waals surface area (Å²) in [7, 11) is -3.06. The summed E-state index contributed by atoms with van der Waals surface area (Å²) < 4.78 is 53.4. The average Bonchev–Trinajstić information content (AvgIpc) is 3.33. The third kappa shape index (κ3) is 4.20. The van der Waals surface area contributed by atoms with Gasteiger partial charge in [0.25, 0.3) is 0 Å². The molecule has 1 fully saturated rings. The summed E-state index contributed by atoms with van der Waals surface area (Å²) in [6.45, 7) is 0. The van der Waals surface area contributed by atoms with Crippen molar-refractivity contribution in [3.05, 3.63) is 90.1 Å². The smallest absolute Gasteiger partial charge is 0.163 e. The van der Waals surface area contributed by atoms with Gasteiger partial charge in [0.2, 0.25) is 0 Å². The van der Waals surface area contributed by atoms with Crippen molar-refractivity contribution in [2.45, 2.75) is 12.8 Å². The number of halogens is 2. The van der Waals surface area contributed by atoms with E-state index in [0.717, 1.165) is 5.39 Å². The highest BCUT2D eigenvalue weighted by Crippen LogP contribution is 2.35. The summed E-state index contributed by atoms with van der Waals surface area (Å²) in [5.74, 6) is -0.854. The quantitative estimate of drug-likeness (QED) is 0.362. The highest BCUT2D eigenvalue weighted by Gasteiger charge is 2.29. The molecule has 0 saturated carbocycles. The fraction of sp³-hybridized carbons (Fsp3) is 0.192. The number of rotatable bonds is 5. The van der Waals surface area contributed by atoms with E-state index < -0.39 is 9.84 Å². The highest BCUT2D eigenvalue weighted by atomic mass is 32.2. The van der Waals surface area contributed by atoms with Crippen LogP contribution < -0.4 is 0 Å². The van der Waals surface area contributed by atoms with Crippen molar-refractivity contribution in [2.24, 2.45) is 5.92 Å². The molecule has 168 valence electrons. The minimum absolute atomic E-state index is 0.0460. The van der Waals surface area contributed by atoms with E-state index >= 15 is 0 Å². The number of carbonyl (C=O) groups is 1. The van der Waals surface area contributed by atoms with Gasteiger partial charge in [-0.3, -0.25) is 4.79 Å². The van der Waals surface area contributed by atoms with E-state index in [0.29, 0.717) is 34.3 Å². The van der Waals surface area contributed by atoms with Gasteiger partial charge in [0.05, 0.1) is 17.0 Å². The SMILES string of the molecule is O=C(CC1CCS(=O)(=O)C1)c1ccc2c(-c3ccccc3F)cn(-c3ccc(F)cc3)c2c1. The Balaban J connectivity index is 1.60. The Hall–Kier alpha value is -3.32. The van der Waals surface area contributed by atoms with Crippen molar-refractivity contribution in [1.29, 1.82) is 0 Å². The van der Waals surface area contributed by atoms with Crippen molar-refractivity contribution in [2.75, 3.05) is 11.5 Å². The predicted molar refractivity (Wildman–Crippen MR) is 124 cm³/mol. The zero-order chi connectivity index (χ0) is 23.2. The molecule has 2 heterocycles. The lowest BCUT2D eigenvalue weighted by Crippen LogP contribution is -2.10. The van der Waals surface area contributed by atoms with E-state index in [-0.39, 0.29) is 41.3 Å². The van der Waals surface area contributed by atoms with Gasteiger partial charge < -0.3 is 4.57 Å². The second-order valence-corrected chi connectivity index (χ2v) is 10.7. The lowest BCUT2D eigenvalue weighted by molar-refractivity contribution is 0.0966. The van der Waals surface area contributed by atoms with Crippen molar-refractivity contribution < 1.29 is 22.0 Å². The summed E-state index contributed by atoms with van der Waals surface area (Å²) in [5.41, 5.74) is 2.92. The number of hydrogen-bond donors (Lipinski definition) is 0. The van der Waals surface area contributed by atoms with Crippen LogP contribution in [0.2, 0.25) is 0 Å². The summed E-state index contributed by atoms with van der Waals surface area (Å²) in [6, 6.07) is 17.6. The fourth-order valence-electron chi connectivity index (χ4n) is 4.52. The first kappa shape index (κ1) is 21.5. The summed E-state index contributed by atoms with van der Waals surface area (Å²) >= 11 is 0. The molecule has 0 spiro atoms. The lowest BCUT2D eigenvalue weighted by atomic mass is 9.96. The Morgan fingerprint density at radius 3 is 2.42 bits per heavy atom. The number of Topliss-reactive ketones (excluding diaryl/α,β-unsaturated/α-hetero) is 1. The molecule has 5 rings (SSSR count). The molecule has 1 unspecified atom stereocenters. The van der Waals surface area contributed by atoms with Crippen LogP contribution in [0.25, 0.3) is 27.7 Å². The van der Waals surface area contributed by atoms with Crippen LogP contribution in [-0.4, -0.2) is 30.3 Å². The van der Waals surface area contributed by atoms with Crippen LogP contribution >= 0.6 is 0 Å². The minimum atomic E-state index is -3.06. The van der Waals surface area contributed by atoms with Crippen LogP contribution in [0.15, 0.2) is 72.9 Å². The summed E-state index contributed by atoms with van der Waals surface area (Å²) in [5, 5.41) is 0.754. The second-order valence-electron chi connectivity index (χ2n) is 8.50. The minimum Gasteiger partial charge on any atom is -0.316 e. The first-order chi connectivity index (χ1) is 15.8. The van der Waals surface area contributed by atoms with Crippen molar-refractivity contribution >= 4 is 26.5 Å². The molecule has 0 amide bonds. The summed E-state index contributed by atoms with van der Waals surface area (Å²) in [6.07, 6.45) is 2.45. The molecule has 0 bridgehead atoms. The average molecular weight is 466 g/mol. The van der Waals surface area contributed by atoms with Gasteiger partial charge in [-0.05, 0) is 48.7 Å². The normalized spacial score (nSPS) is 17.5. The number of sulfone groups is 1. The molecule has 3 aromatic carbocycles. The van der Waals surface area contributed by atoms with Gasteiger partial charge >= 0.3 is 0 Å². The molecule has 0 N–H and O–H groups in total. The molecule has 4 aromatic rings. The Labute approximate surface area is 190 Å². The predicted octanol–water partition coefficient (Wildman–Crippen LogP) is 5.58. The third-order valence-electron chi connectivity index (χ3n) is 6.20. The third-order valence-corrected chi connectivity index (χ3v) is 8.03. The first-order valence-corrected chi connectivity index (χ1v) is 12.5. The van der Waals surface area contributed by atoms with Gasteiger partial charge in [-0.15, -0.1) is 0 Å². The van der Waals surface area contributed by atoms with E-state index in [1.165, 1.54) is 18.2 Å². The second kappa shape index (κ2) is 8.23. The molecule has 0 aliphatic carbocycles. The van der Waals surface area contributed by atoms with Gasteiger partial charge in [-0.2, -0.15) is 0 Å². The standard InChI is InChI=1S/C26H21F2NO3S/c27-19-6-8-20(9-7-19)29-15-23(21-3-1-2-4-24(21)28)22-10-5-18(14-25(22)29)26(30)13-17-11-12-33(31,32)16-17/h1-10,14-15,17H,11-13,16H2. The molecule has 1 atom stereocenters. The summed E-state index contributed by atoms with van der Waals surface area (Å²) in [4.78, 5) is 13.0. The van der Waals surface area contributed by atoms with Crippen LogP contribution in [0.3, 0.4) is 0 Å². The van der Waals surface area contributed by atoms with Crippen molar-refractivity contribution in [3.63, 3.8) is 0 Å². The van der Waals surface area contributed by atoms with Gasteiger partial charge in [0.1, 0.15) is 11.6 Å². The maximum absolute atomic E-state index is 14.6. The zero-order valence-corrected chi connectivity index (χ0v) is 18.5. The van der Waals surface area contributed by atoms with E-state index in [1.807, 2.05) is 4.57 Å². The van der Waals surface area contributed by atoms with Crippen LogP contribution in [0.5, 0.6) is 0 Å². The topological polar surface area (TPSA) is 56.1 Å². The Bertz CT molecular complexity index is 1470. The van der Waals surface area contributed by atoms with Crippen LogP contribution in [-0.2, 0) is 9.84 Å². The largest absolute Gasteiger partial charge is 0.316 e.